The van der Waals surface area contributed by atoms with E-state index in [-0.39, 0.29) is 30.4 Å². The second-order valence-electron chi connectivity index (χ2n) is 6.82. The largest absolute Gasteiger partial charge is 0.392 e. The summed E-state index contributed by atoms with van der Waals surface area (Å²) in [5.41, 5.74) is 1.27. The van der Waals surface area contributed by atoms with Gasteiger partial charge in [0.1, 0.15) is 18.8 Å². The van der Waals surface area contributed by atoms with Crippen LogP contribution < -0.4 is 5.32 Å². The van der Waals surface area contributed by atoms with Crippen molar-refractivity contribution >= 4 is 17.3 Å². The molecule has 25 heavy (non-hydrogen) atoms. The molecule has 0 saturated carbocycles. The van der Waals surface area contributed by atoms with Crippen LogP contribution in [0.25, 0.3) is 0 Å². The van der Waals surface area contributed by atoms with Crippen LogP contribution in [-0.4, -0.2) is 30.0 Å². The van der Waals surface area contributed by atoms with Crippen LogP contribution in [-0.2, 0) is 21.1 Å². The highest BCUT2D eigenvalue weighted by molar-refractivity contribution is 6.45. The number of nitrogens with one attached hydrogen (secondary N) is 1. The lowest BCUT2D eigenvalue weighted by Gasteiger charge is -2.23. The Morgan fingerprint density at radius 1 is 1.44 bits per heavy atom. The van der Waals surface area contributed by atoms with Gasteiger partial charge in [0.15, 0.2) is 0 Å². The van der Waals surface area contributed by atoms with Gasteiger partial charge in [0.05, 0.1) is 12.3 Å². The van der Waals surface area contributed by atoms with Gasteiger partial charge in [0.2, 0.25) is 5.71 Å². The number of oxime groups is 2. The smallest absolute Gasteiger partial charge is 0.284 e. The van der Waals surface area contributed by atoms with Crippen LogP contribution in [0, 0.1) is 16.7 Å². The Kier molecular flexibility index (Phi) is 6.12. The highest BCUT2D eigenvalue weighted by atomic mass is 16.6. The Morgan fingerprint density at radius 2 is 2.16 bits per heavy atom. The van der Waals surface area contributed by atoms with E-state index in [9.17, 15) is 4.79 Å². The highest BCUT2D eigenvalue weighted by Gasteiger charge is 2.32. The van der Waals surface area contributed by atoms with Gasteiger partial charge in [0.25, 0.3) is 5.91 Å². The zero-order valence-corrected chi connectivity index (χ0v) is 14.7. The van der Waals surface area contributed by atoms with Gasteiger partial charge in [-0.05, 0) is 5.56 Å². The first-order valence-electron chi connectivity index (χ1n) is 8.04. The van der Waals surface area contributed by atoms with Gasteiger partial charge in [-0.25, -0.2) is 0 Å². The quantitative estimate of drug-likeness (QED) is 0.634. The SMILES string of the molecule is CC(C)(C)C1CC(CNC(=O)/C(C#N)=N/OCc2ccccc2)=NO1. The molecule has 1 amide bonds. The van der Waals surface area contributed by atoms with E-state index in [1.165, 1.54) is 0 Å². The average molecular weight is 342 g/mol. The number of benzene rings is 1. The van der Waals surface area contributed by atoms with Gasteiger partial charge in [-0.1, -0.05) is 61.4 Å². The van der Waals surface area contributed by atoms with E-state index in [4.69, 9.17) is 14.9 Å². The van der Waals surface area contributed by atoms with E-state index in [2.05, 4.69) is 36.4 Å². The van der Waals surface area contributed by atoms with Crippen molar-refractivity contribution in [2.24, 2.45) is 15.7 Å². The maximum atomic E-state index is 12.0. The third-order valence-corrected chi connectivity index (χ3v) is 3.70. The number of rotatable bonds is 6. The maximum Gasteiger partial charge on any atom is 0.284 e. The molecule has 0 aliphatic carbocycles. The zero-order chi connectivity index (χ0) is 18.3. The van der Waals surface area contributed by atoms with Gasteiger partial charge in [-0.3, -0.25) is 4.79 Å². The predicted molar refractivity (Wildman–Crippen MR) is 93.7 cm³/mol. The molecule has 7 nitrogen and oxygen atoms in total. The fourth-order valence-electron chi connectivity index (χ4n) is 2.12. The maximum absolute atomic E-state index is 12.0. The van der Waals surface area contributed by atoms with E-state index in [1.54, 1.807) is 6.07 Å². The Labute approximate surface area is 147 Å². The molecule has 1 aromatic rings. The van der Waals surface area contributed by atoms with Crippen molar-refractivity contribution in [3.63, 3.8) is 0 Å². The number of amides is 1. The Bertz CT molecular complexity index is 699. The highest BCUT2D eigenvalue weighted by Crippen LogP contribution is 2.28. The molecule has 1 N–H and O–H groups in total. The fraction of sp³-hybridized carbons (Fsp3) is 0.444. The predicted octanol–water partition coefficient (Wildman–Crippen LogP) is 2.39. The molecule has 1 aliphatic heterocycles. The van der Waals surface area contributed by atoms with Crippen LogP contribution in [0.2, 0.25) is 0 Å². The lowest BCUT2D eigenvalue weighted by molar-refractivity contribution is -0.114. The summed E-state index contributed by atoms with van der Waals surface area (Å²) in [5.74, 6) is -0.600. The summed E-state index contributed by atoms with van der Waals surface area (Å²) in [6.45, 7) is 6.61. The Hall–Kier alpha value is -2.88. The fourth-order valence-corrected chi connectivity index (χ4v) is 2.12. The van der Waals surface area contributed by atoms with Crippen molar-refractivity contribution in [3.8, 4) is 6.07 Å². The van der Waals surface area contributed by atoms with Crippen LogP contribution in [0.15, 0.2) is 40.6 Å². The van der Waals surface area contributed by atoms with Crippen LogP contribution in [0.5, 0.6) is 0 Å². The topological polar surface area (TPSA) is 96.1 Å². The molecule has 0 fully saturated rings. The number of hydrogen-bond acceptors (Lipinski definition) is 6. The summed E-state index contributed by atoms with van der Waals surface area (Å²) in [6.07, 6.45) is 0.630. The molecule has 1 unspecified atom stereocenters. The number of carbonyl (C=O) groups is 1. The van der Waals surface area contributed by atoms with Gasteiger partial charge in [-0.2, -0.15) is 5.26 Å². The van der Waals surface area contributed by atoms with Gasteiger partial charge < -0.3 is 15.0 Å². The van der Waals surface area contributed by atoms with Crippen molar-refractivity contribution in [2.75, 3.05) is 6.54 Å². The Balaban J connectivity index is 1.80. The molecule has 132 valence electrons. The number of nitriles is 1. The van der Waals surface area contributed by atoms with Gasteiger partial charge >= 0.3 is 0 Å². The first-order chi connectivity index (χ1) is 11.9. The van der Waals surface area contributed by atoms with Crippen molar-refractivity contribution in [3.05, 3.63) is 35.9 Å². The third-order valence-electron chi connectivity index (χ3n) is 3.70. The number of hydrogen-bond donors (Lipinski definition) is 1. The minimum absolute atomic E-state index is 0.0160. The summed E-state index contributed by atoms with van der Waals surface area (Å²) < 4.78 is 0. The summed E-state index contributed by atoms with van der Waals surface area (Å²) in [7, 11) is 0. The molecule has 0 spiro atoms. The molecule has 0 aromatic heterocycles. The van der Waals surface area contributed by atoms with Crippen LogP contribution in [0.1, 0.15) is 32.8 Å². The molecule has 1 aromatic carbocycles. The minimum atomic E-state index is -0.600. The molecule has 1 aliphatic rings. The van der Waals surface area contributed by atoms with Crippen LogP contribution >= 0.6 is 0 Å². The lowest BCUT2D eigenvalue weighted by Crippen LogP contribution is -2.35. The second kappa shape index (κ2) is 8.29. The normalized spacial score (nSPS) is 17.3. The number of carbonyl (C=O) groups excluding carboxylic acids is 1. The standard InChI is InChI=1S/C18H22N4O3/c1-18(2,3)16-9-14(21-25-16)11-20-17(23)15(10-19)22-24-12-13-7-5-4-6-8-13/h4-8,16H,9,11-12H2,1-3H3,(H,20,23)/b22-15+. The molecule has 2 rings (SSSR count). The monoisotopic (exact) mass is 342 g/mol. The molecule has 1 heterocycles. The summed E-state index contributed by atoms with van der Waals surface area (Å²) in [6, 6.07) is 11.1. The van der Waals surface area contributed by atoms with Crippen molar-refractivity contribution < 1.29 is 14.5 Å². The zero-order valence-electron chi connectivity index (χ0n) is 14.7. The molecule has 0 bridgehead atoms. The first kappa shape index (κ1) is 18.5. The molecular formula is C18H22N4O3. The van der Waals surface area contributed by atoms with Crippen LogP contribution in [0.3, 0.4) is 0 Å². The third kappa shape index (κ3) is 5.60. The van der Waals surface area contributed by atoms with E-state index in [0.29, 0.717) is 6.42 Å². The summed E-state index contributed by atoms with van der Waals surface area (Å²) in [5, 5.41) is 19.3. The van der Waals surface area contributed by atoms with Crippen LogP contribution in [0.4, 0.5) is 0 Å². The summed E-state index contributed by atoms with van der Waals surface area (Å²) >= 11 is 0. The second-order valence-corrected chi connectivity index (χ2v) is 6.82. The summed E-state index contributed by atoms with van der Waals surface area (Å²) in [4.78, 5) is 22.5. The van der Waals surface area contributed by atoms with Gasteiger partial charge in [-0.15, -0.1) is 0 Å². The molecule has 0 saturated heterocycles. The van der Waals surface area contributed by atoms with E-state index < -0.39 is 5.91 Å². The Morgan fingerprint density at radius 3 is 2.76 bits per heavy atom. The van der Waals surface area contributed by atoms with Gasteiger partial charge in [0, 0.05) is 11.8 Å². The van der Waals surface area contributed by atoms with E-state index in [0.717, 1.165) is 11.3 Å². The lowest BCUT2D eigenvalue weighted by atomic mass is 9.86. The minimum Gasteiger partial charge on any atom is -0.392 e. The van der Waals surface area contributed by atoms with Crippen molar-refractivity contribution in [2.45, 2.75) is 39.9 Å². The number of nitrogens with zero attached hydrogens (tertiary/aromatic N) is 3. The molecule has 7 heteroatoms. The molecular weight excluding hydrogens is 320 g/mol. The van der Waals surface area contributed by atoms with Crippen molar-refractivity contribution in [1.82, 2.24) is 5.32 Å². The van der Waals surface area contributed by atoms with E-state index >= 15 is 0 Å². The first-order valence-corrected chi connectivity index (χ1v) is 8.04. The molecule has 0 radical (unpaired) electrons. The van der Waals surface area contributed by atoms with Crippen molar-refractivity contribution in [1.29, 1.82) is 5.26 Å². The molecule has 1 atom stereocenters. The average Bonchev–Trinajstić information content (AvgIpc) is 3.07. The van der Waals surface area contributed by atoms with E-state index in [1.807, 2.05) is 30.3 Å².